The molecule has 15 heteroatoms. The number of allylic oxidation sites excluding steroid dienone is 1. The Morgan fingerprint density at radius 1 is 0.961 bits per heavy atom. The lowest BCUT2D eigenvalue weighted by atomic mass is 10.0. The molecule has 0 radical (unpaired) electrons. The largest absolute Gasteiger partial charge is 0.446 e. The van der Waals surface area contributed by atoms with Gasteiger partial charge in [-0.25, -0.2) is 18.0 Å². The Morgan fingerprint density at radius 3 is 2.49 bits per heavy atom. The summed E-state index contributed by atoms with van der Waals surface area (Å²) in [7, 11) is -3.64. The Kier molecular flexibility index (Phi) is 10.1. The summed E-state index contributed by atoms with van der Waals surface area (Å²) in [4.78, 5) is 75.7. The maximum atomic E-state index is 14.4. The van der Waals surface area contributed by atoms with Gasteiger partial charge in [0, 0.05) is 31.3 Å². The lowest BCUT2D eigenvalue weighted by molar-refractivity contribution is -0.141. The van der Waals surface area contributed by atoms with Crippen LogP contribution in [0.4, 0.5) is 9.59 Å². The van der Waals surface area contributed by atoms with Gasteiger partial charge >= 0.3 is 12.2 Å². The highest BCUT2D eigenvalue weighted by Crippen LogP contribution is 2.47. The molecular weight excluding hydrogens is 678 g/mol. The van der Waals surface area contributed by atoms with Crippen molar-refractivity contribution in [1.29, 1.82) is 0 Å². The predicted molar refractivity (Wildman–Crippen MR) is 183 cm³/mol. The van der Waals surface area contributed by atoms with Gasteiger partial charge in [0.05, 0.1) is 18.3 Å². The Balaban J connectivity index is 1.12. The molecule has 3 saturated carbocycles. The van der Waals surface area contributed by atoms with E-state index < -0.39 is 74.4 Å². The van der Waals surface area contributed by atoms with E-state index in [4.69, 9.17) is 9.47 Å². The lowest BCUT2D eigenvalue weighted by Gasteiger charge is -2.30. The fraction of sp³-hybridized carbons (Fsp3) is 0.667. The van der Waals surface area contributed by atoms with Crippen LogP contribution in [0.15, 0.2) is 30.6 Å². The fourth-order valence-corrected chi connectivity index (χ4v) is 9.71. The number of rotatable bonds is 7. The molecule has 51 heavy (non-hydrogen) atoms. The van der Waals surface area contributed by atoms with Crippen molar-refractivity contribution in [3.63, 3.8) is 0 Å². The molecule has 1 unspecified atom stereocenters. The minimum atomic E-state index is -3.64. The summed E-state index contributed by atoms with van der Waals surface area (Å²) in [5.74, 6) is -2.72. The van der Waals surface area contributed by atoms with Crippen molar-refractivity contribution in [2.24, 2.45) is 5.92 Å². The SMILES string of the molecule is O=C(N[C@H]1CCCCC/C=C\[C@@H]2C[C@@]2(C(=O)CS(=O)(=O)C2CC2)NC(=O)C2C[C@@H](OC(=O)N3Cc4ccncc4C3)CN2C1=O)OC1CCCC1. The van der Waals surface area contributed by atoms with Gasteiger partial charge in [0.2, 0.25) is 11.8 Å². The van der Waals surface area contributed by atoms with Gasteiger partial charge in [0.25, 0.3) is 0 Å². The quantitative estimate of drug-likeness (QED) is 0.397. The van der Waals surface area contributed by atoms with Crippen LogP contribution in [0.1, 0.15) is 94.6 Å². The van der Waals surface area contributed by atoms with E-state index in [9.17, 15) is 32.4 Å². The number of fused-ring (bicyclic) bond motifs is 3. The van der Waals surface area contributed by atoms with Gasteiger partial charge in [-0.15, -0.1) is 0 Å². The zero-order valence-electron chi connectivity index (χ0n) is 28.8. The molecule has 0 spiro atoms. The highest BCUT2D eigenvalue weighted by atomic mass is 32.2. The number of nitrogens with one attached hydrogen (secondary N) is 2. The minimum Gasteiger partial charge on any atom is -0.446 e. The van der Waals surface area contributed by atoms with Crippen molar-refractivity contribution in [2.75, 3.05) is 12.3 Å². The van der Waals surface area contributed by atoms with Crippen LogP contribution in [0.25, 0.3) is 0 Å². The lowest BCUT2D eigenvalue weighted by Crippen LogP contribution is -2.57. The number of ether oxygens (including phenoxy) is 2. The normalized spacial score (nSPS) is 30.6. The summed E-state index contributed by atoms with van der Waals surface area (Å²) in [6.07, 6.45) is 12.9. The van der Waals surface area contributed by atoms with Crippen LogP contribution in [0.2, 0.25) is 0 Å². The average Bonchev–Trinajstić information content (AvgIpc) is 3.88. The third-order valence-electron chi connectivity index (χ3n) is 11.2. The molecule has 2 N–H and O–H groups in total. The Bertz CT molecular complexity index is 1670. The van der Waals surface area contributed by atoms with Crippen molar-refractivity contribution >= 4 is 39.6 Å². The summed E-state index contributed by atoms with van der Waals surface area (Å²) in [6, 6.07) is -0.278. The molecule has 0 bridgehead atoms. The van der Waals surface area contributed by atoms with Gasteiger partial charge in [-0.05, 0) is 81.4 Å². The Morgan fingerprint density at radius 2 is 1.73 bits per heavy atom. The third kappa shape index (κ3) is 7.92. The van der Waals surface area contributed by atoms with Crippen LogP contribution in [0, 0.1) is 5.92 Å². The smallest absolute Gasteiger partial charge is 0.410 e. The molecule has 4 amide bonds. The molecule has 1 aromatic rings. The molecule has 4 heterocycles. The molecular formula is C36H47N5O9S. The van der Waals surface area contributed by atoms with Crippen molar-refractivity contribution in [2.45, 2.75) is 132 Å². The number of alkyl carbamates (subject to hydrolysis) is 1. The molecule has 1 saturated heterocycles. The number of carbonyl (C=O) groups is 5. The van der Waals surface area contributed by atoms with Gasteiger partial charge in [-0.1, -0.05) is 25.0 Å². The second-order valence-electron chi connectivity index (χ2n) is 15.0. The van der Waals surface area contributed by atoms with E-state index in [2.05, 4.69) is 15.6 Å². The second-order valence-corrected chi connectivity index (χ2v) is 17.3. The van der Waals surface area contributed by atoms with Crippen molar-refractivity contribution < 1.29 is 41.9 Å². The Hall–Kier alpha value is -4.01. The first-order chi connectivity index (χ1) is 24.5. The molecule has 0 aromatic carbocycles. The number of Topliss-reactive ketones (excluding diaryl/α,β-unsaturated/α-hetero) is 1. The molecule has 3 aliphatic heterocycles. The number of pyridine rings is 1. The highest BCUT2D eigenvalue weighted by Gasteiger charge is 2.61. The molecule has 5 atom stereocenters. The molecule has 276 valence electrons. The first-order valence-electron chi connectivity index (χ1n) is 18.4. The van der Waals surface area contributed by atoms with E-state index in [0.29, 0.717) is 45.2 Å². The third-order valence-corrected chi connectivity index (χ3v) is 13.4. The fourth-order valence-electron chi connectivity index (χ4n) is 7.99. The van der Waals surface area contributed by atoms with Gasteiger partial charge < -0.3 is 25.0 Å². The van der Waals surface area contributed by atoms with Crippen LogP contribution >= 0.6 is 0 Å². The van der Waals surface area contributed by atoms with Gasteiger partial charge in [-0.3, -0.25) is 24.3 Å². The zero-order chi connectivity index (χ0) is 35.8. The summed E-state index contributed by atoms with van der Waals surface area (Å²) in [6.45, 7) is 0.565. The number of hydrogen-bond donors (Lipinski definition) is 2. The molecule has 1 aromatic heterocycles. The number of amides is 4. The van der Waals surface area contributed by atoms with E-state index in [-0.39, 0.29) is 31.4 Å². The zero-order valence-corrected chi connectivity index (χ0v) is 29.6. The number of aromatic nitrogens is 1. The molecule has 4 fully saturated rings. The van der Waals surface area contributed by atoms with E-state index in [1.54, 1.807) is 12.4 Å². The summed E-state index contributed by atoms with van der Waals surface area (Å²) >= 11 is 0. The topological polar surface area (TPSA) is 181 Å². The number of carbonyl (C=O) groups excluding carboxylic acids is 5. The number of ketones is 1. The second kappa shape index (κ2) is 14.5. The maximum Gasteiger partial charge on any atom is 0.410 e. The van der Waals surface area contributed by atoms with Crippen LogP contribution in [-0.4, -0.2) is 100 Å². The van der Waals surface area contributed by atoms with Crippen LogP contribution in [0.5, 0.6) is 0 Å². The van der Waals surface area contributed by atoms with Crippen molar-refractivity contribution in [3.05, 3.63) is 41.7 Å². The first kappa shape index (κ1) is 35.4. The van der Waals surface area contributed by atoms with E-state index in [1.807, 2.05) is 18.2 Å². The van der Waals surface area contributed by atoms with E-state index in [0.717, 1.165) is 49.7 Å². The molecule has 6 aliphatic rings. The molecule has 3 aliphatic carbocycles. The van der Waals surface area contributed by atoms with Gasteiger partial charge in [0.15, 0.2) is 15.6 Å². The van der Waals surface area contributed by atoms with Gasteiger partial charge in [-0.2, -0.15) is 0 Å². The minimum absolute atomic E-state index is 0.0317. The predicted octanol–water partition coefficient (Wildman–Crippen LogP) is 3.08. The number of sulfone groups is 1. The summed E-state index contributed by atoms with van der Waals surface area (Å²) in [5.41, 5.74) is 0.464. The van der Waals surface area contributed by atoms with Crippen LogP contribution in [-0.2, 0) is 46.8 Å². The molecule has 7 rings (SSSR count). The Labute approximate surface area is 298 Å². The number of hydrogen-bond acceptors (Lipinski definition) is 10. The molecule has 14 nitrogen and oxygen atoms in total. The van der Waals surface area contributed by atoms with Crippen LogP contribution in [0.3, 0.4) is 0 Å². The standard InChI is InChI=1S/C36H47N5O9S/c42-31(22-51(47,48)28-12-13-28)36-17-25(36)8-4-2-1-3-5-11-29(38-34(45)49-26-9-6-7-10-26)33(44)41-21-27(16-30(41)32(43)39-36)50-35(46)40-19-23-14-15-37-18-24(23)20-40/h4,8,14-15,18,25-30H,1-3,5-7,9-13,16-17,19-22H2,(H,38,45)(H,39,43)/b8-4-/t25-,27-,29+,30?,36-/m1/s1. The first-order valence-corrected chi connectivity index (χ1v) is 20.1. The van der Waals surface area contributed by atoms with Crippen molar-refractivity contribution in [1.82, 2.24) is 25.4 Å². The van der Waals surface area contributed by atoms with E-state index in [1.165, 1.54) is 9.80 Å². The van der Waals surface area contributed by atoms with Crippen molar-refractivity contribution in [3.8, 4) is 0 Å². The van der Waals surface area contributed by atoms with E-state index >= 15 is 0 Å². The summed E-state index contributed by atoms with van der Waals surface area (Å²) in [5, 5.41) is 5.14. The monoisotopic (exact) mass is 725 g/mol. The highest BCUT2D eigenvalue weighted by molar-refractivity contribution is 7.93. The summed E-state index contributed by atoms with van der Waals surface area (Å²) < 4.78 is 37.3. The number of nitrogens with zero attached hydrogens (tertiary/aromatic N) is 3. The average molecular weight is 726 g/mol. The van der Waals surface area contributed by atoms with Gasteiger partial charge in [0.1, 0.15) is 35.6 Å². The van der Waals surface area contributed by atoms with Crippen LogP contribution < -0.4 is 10.6 Å². The maximum absolute atomic E-state index is 14.4.